The SMILES string of the molecule is CCOc1ccc(-c2nc(C(C)(C)N)cs2)cc1. The summed E-state index contributed by atoms with van der Waals surface area (Å²) in [7, 11) is 0. The zero-order chi connectivity index (χ0) is 13.2. The maximum absolute atomic E-state index is 6.04. The average Bonchev–Trinajstić information content (AvgIpc) is 2.79. The lowest BCUT2D eigenvalue weighted by molar-refractivity contribution is 0.340. The molecule has 0 aliphatic heterocycles. The quantitative estimate of drug-likeness (QED) is 0.918. The van der Waals surface area contributed by atoms with Crippen molar-refractivity contribution in [3.8, 4) is 16.3 Å². The first-order chi connectivity index (χ1) is 8.50. The summed E-state index contributed by atoms with van der Waals surface area (Å²) in [5, 5.41) is 3.01. The van der Waals surface area contributed by atoms with Crippen LogP contribution in [-0.4, -0.2) is 11.6 Å². The van der Waals surface area contributed by atoms with Crippen molar-refractivity contribution in [3.63, 3.8) is 0 Å². The van der Waals surface area contributed by atoms with Gasteiger partial charge in [-0.1, -0.05) is 0 Å². The molecule has 4 heteroatoms. The fourth-order valence-electron chi connectivity index (χ4n) is 1.56. The first-order valence-corrected chi connectivity index (χ1v) is 6.87. The van der Waals surface area contributed by atoms with E-state index < -0.39 is 0 Å². The highest BCUT2D eigenvalue weighted by molar-refractivity contribution is 7.13. The van der Waals surface area contributed by atoms with Crippen molar-refractivity contribution in [1.29, 1.82) is 0 Å². The molecule has 18 heavy (non-hydrogen) atoms. The number of nitrogens with zero attached hydrogens (tertiary/aromatic N) is 1. The van der Waals surface area contributed by atoms with Crippen LogP contribution in [0.2, 0.25) is 0 Å². The molecule has 0 amide bonds. The minimum Gasteiger partial charge on any atom is -0.494 e. The lowest BCUT2D eigenvalue weighted by atomic mass is 10.0. The Morgan fingerprint density at radius 3 is 2.44 bits per heavy atom. The minimum atomic E-state index is -0.389. The molecule has 0 aliphatic rings. The predicted octanol–water partition coefficient (Wildman–Crippen LogP) is 3.40. The molecular formula is C14H18N2OS. The number of hydrogen-bond acceptors (Lipinski definition) is 4. The van der Waals surface area contributed by atoms with Crippen molar-refractivity contribution in [3.05, 3.63) is 35.3 Å². The maximum atomic E-state index is 6.04. The highest BCUT2D eigenvalue weighted by Gasteiger charge is 2.18. The van der Waals surface area contributed by atoms with Crippen LogP contribution < -0.4 is 10.5 Å². The molecule has 0 unspecified atom stereocenters. The Morgan fingerprint density at radius 1 is 1.28 bits per heavy atom. The predicted molar refractivity (Wildman–Crippen MR) is 75.9 cm³/mol. The average molecular weight is 262 g/mol. The molecule has 0 saturated heterocycles. The van der Waals surface area contributed by atoms with Crippen LogP contribution in [0, 0.1) is 0 Å². The Labute approximate surface area is 112 Å². The summed E-state index contributed by atoms with van der Waals surface area (Å²) >= 11 is 1.62. The largest absolute Gasteiger partial charge is 0.494 e. The number of thiazole rings is 1. The van der Waals surface area contributed by atoms with Crippen LogP contribution in [0.25, 0.3) is 10.6 Å². The Hall–Kier alpha value is -1.39. The number of hydrogen-bond donors (Lipinski definition) is 1. The van der Waals surface area contributed by atoms with Crippen LogP contribution in [0.3, 0.4) is 0 Å². The summed E-state index contributed by atoms with van der Waals surface area (Å²) in [6.07, 6.45) is 0. The third-order valence-corrected chi connectivity index (χ3v) is 3.47. The molecule has 0 radical (unpaired) electrons. The van der Waals surface area contributed by atoms with E-state index in [-0.39, 0.29) is 5.54 Å². The van der Waals surface area contributed by atoms with Crippen LogP contribution >= 0.6 is 11.3 Å². The topological polar surface area (TPSA) is 48.1 Å². The third kappa shape index (κ3) is 2.89. The molecular weight excluding hydrogens is 244 g/mol. The second-order valence-electron chi connectivity index (χ2n) is 4.72. The van der Waals surface area contributed by atoms with E-state index in [1.165, 1.54) is 0 Å². The first kappa shape index (κ1) is 13.1. The second kappa shape index (κ2) is 5.08. The molecule has 1 aromatic heterocycles. The van der Waals surface area contributed by atoms with Gasteiger partial charge in [-0.05, 0) is 45.0 Å². The van der Waals surface area contributed by atoms with Crippen molar-refractivity contribution in [2.45, 2.75) is 26.3 Å². The van der Waals surface area contributed by atoms with E-state index in [1.807, 2.05) is 50.4 Å². The van der Waals surface area contributed by atoms with Crippen molar-refractivity contribution in [2.75, 3.05) is 6.61 Å². The Bertz CT molecular complexity index is 511. The first-order valence-electron chi connectivity index (χ1n) is 5.99. The molecule has 2 aromatic rings. The minimum absolute atomic E-state index is 0.389. The van der Waals surface area contributed by atoms with Gasteiger partial charge in [0.05, 0.1) is 17.8 Å². The summed E-state index contributed by atoms with van der Waals surface area (Å²) in [6.45, 7) is 6.58. The normalized spacial score (nSPS) is 11.6. The van der Waals surface area contributed by atoms with Gasteiger partial charge < -0.3 is 10.5 Å². The van der Waals surface area contributed by atoms with Crippen molar-refractivity contribution in [1.82, 2.24) is 4.98 Å². The van der Waals surface area contributed by atoms with Gasteiger partial charge in [0.25, 0.3) is 0 Å². The maximum Gasteiger partial charge on any atom is 0.123 e. The molecule has 2 rings (SSSR count). The van der Waals surface area contributed by atoms with Gasteiger partial charge in [-0.2, -0.15) is 0 Å². The monoisotopic (exact) mass is 262 g/mol. The van der Waals surface area contributed by atoms with Crippen LogP contribution in [0.5, 0.6) is 5.75 Å². The zero-order valence-corrected chi connectivity index (χ0v) is 11.8. The van der Waals surface area contributed by atoms with E-state index in [1.54, 1.807) is 11.3 Å². The summed E-state index contributed by atoms with van der Waals surface area (Å²) in [5.74, 6) is 0.886. The van der Waals surface area contributed by atoms with Gasteiger partial charge in [-0.15, -0.1) is 11.3 Å². The molecule has 0 spiro atoms. The lowest BCUT2D eigenvalue weighted by Gasteiger charge is -2.14. The van der Waals surface area contributed by atoms with Crippen molar-refractivity contribution < 1.29 is 4.74 Å². The van der Waals surface area contributed by atoms with Gasteiger partial charge in [-0.25, -0.2) is 4.98 Å². The summed E-state index contributed by atoms with van der Waals surface area (Å²) in [6, 6.07) is 7.98. The number of nitrogens with two attached hydrogens (primary N) is 1. The highest BCUT2D eigenvalue weighted by atomic mass is 32.1. The summed E-state index contributed by atoms with van der Waals surface area (Å²) in [5.41, 5.74) is 7.67. The second-order valence-corrected chi connectivity index (χ2v) is 5.58. The van der Waals surface area contributed by atoms with Crippen LogP contribution in [0.1, 0.15) is 26.5 Å². The number of aromatic nitrogens is 1. The fraction of sp³-hybridized carbons (Fsp3) is 0.357. The molecule has 0 atom stereocenters. The van der Waals surface area contributed by atoms with Gasteiger partial charge >= 0.3 is 0 Å². The highest BCUT2D eigenvalue weighted by Crippen LogP contribution is 2.28. The zero-order valence-electron chi connectivity index (χ0n) is 10.9. The molecule has 0 bridgehead atoms. The van der Waals surface area contributed by atoms with Crippen molar-refractivity contribution >= 4 is 11.3 Å². The van der Waals surface area contributed by atoms with E-state index in [0.29, 0.717) is 6.61 Å². The van der Waals surface area contributed by atoms with Gasteiger partial charge in [0.1, 0.15) is 10.8 Å². The molecule has 2 N–H and O–H groups in total. The fourth-order valence-corrected chi connectivity index (χ4v) is 2.57. The molecule has 0 fully saturated rings. The van der Waals surface area contributed by atoms with Crippen LogP contribution in [-0.2, 0) is 5.54 Å². The summed E-state index contributed by atoms with van der Waals surface area (Å²) < 4.78 is 5.42. The smallest absolute Gasteiger partial charge is 0.123 e. The van der Waals surface area contributed by atoms with Gasteiger partial charge in [0.15, 0.2) is 0 Å². The van der Waals surface area contributed by atoms with E-state index in [0.717, 1.165) is 22.0 Å². The number of ether oxygens (including phenoxy) is 1. The third-order valence-electron chi connectivity index (χ3n) is 2.58. The van der Waals surface area contributed by atoms with Gasteiger partial charge in [0.2, 0.25) is 0 Å². The van der Waals surface area contributed by atoms with E-state index in [4.69, 9.17) is 10.5 Å². The Balaban J connectivity index is 2.23. The van der Waals surface area contributed by atoms with Crippen LogP contribution in [0.15, 0.2) is 29.6 Å². The molecule has 3 nitrogen and oxygen atoms in total. The number of benzene rings is 1. The molecule has 96 valence electrons. The lowest BCUT2D eigenvalue weighted by Crippen LogP contribution is -2.28. The van der Waals surface area contributed by atoms with Crippen molar-refractivity contribution in [2.24, 2.45) is 5.73 Å². The van der Waals surface area contributed by atoms with E-state index in [2.05, 4.69) is 4.98 Å². The van der Waals surface area contributed by atoms with E-state index in [9.17, 15) is 0 Å². The molecule has 0 aliphatic carbocycles. The van der Waals surface area contributed by atoms with Crippen LogP contribution in [0.4, 0.5) is 0 Å². The molecule has 1 aromatic carbocycles. The van der Waals surface area contributed by atoms with Gasteiger partial charge in [0, 0.05) is 10.9 Å². The molecule has 0 saturated carbocycles. The number of rotatable bonds is 4. The Morgan fingerprint density at radius 2 is 1.94 bits per heavy atom. The molecule has 1 heterocycles. The standard InChI is InChI=1S/C14H18N2OS/c1-4-17-11-7-5-10(6-8-11)13-16-12(9-18-13)14(2,3)15/h5-9H,4,15H2,1-3H3. The summed E-state index contributed by atoms with van der Waals surface area (Å²) in [4.78, 5) is 4.58. The Kier molecular flexibility index (Phi) is 3.68. The van der Waals surface area contributed by atoms with Gasteiger partial charge in [-0.3, -0.25) is 0 Å². The van der Waals surface area contributed by atoms with E-state index >= 15 is 0 Å².